The number of aryl methyl sites for hydroxylation is 1. The molecule has 0 saturated heterocycles. The molecule has 0 aliphatic carbocycles. The number of nitrogens with one attached hydrogen (secondary N) is 1. The molecule has 1 aromatic rings. The van der Waals surface area contributed by atoms with Crippen LogP contribution < -0.4 is 5.32 Å². The number of aliphatic hydroxyl groups excluding tert-OH is 1. The Morgan fingerprint density at radius 1 is 1.56 bits per heavy atom. The molecule has 1 aromatic carbocycles. The van der Waals surface area contributed by atoms with Crippen molar-refractivity contribution < 1.29 is 14.6 Å². The summed E-state index contributed by atoms with van der Waals surface area (Å²) < 4.78 is 5.58. The van der Waals surface area contributed by atoms with Crippen LogP contribution in [0.2, 0.25) is 0 Å². The van der Waals surface area contributed by atoms with Gasteiger partial charge in [0.05, 0.1) is 18.3 Å². The minimum absolute atomic E-state index is 0.143. The molecule has 1 unspecified atom stereocenters. The van der Waals surface area contributed by atoms with Crippen LogP contribution in [0.25, 0.3) is 0 Å². The van der Waals surface area contributed by atoms with E-state index in [1.54, 1.807) is 0 Å². The summed E-state index contributed by atoms with van der Waals surface area (Å²) in [6, 6.07) is 5.61. The zero-order valence-corrected chi connectivity index (χ0v) is 12.2. The van der Waals surface area contributed by atoms with Gasteiger partial charge >= 0.3 is 0 Å². The summed E-state index contributed by atoms with van der Waals surface area (Å²) in [5, 5.41) is 12.2. The first-order valence-corrected chi connectivity index (χ1v) is 6.55. The average molecular weight is 316 g/mol. The molecule has 1 rings (SSSR count). The fourth-order valence-corrected chi connectivity index (χ4v) is 1.96. The van der Waals surface area contributed by atoms with E-state index in [9.17, 15) is 9.90 Å². The number of ether oxygens (including phenoxy) is 1. The first-order chi connectivity index (χ1) is 8.54. The van der Waals surface area contributed by atoms with Crippen molar-refractivity contribution in [3.63, 3.8) is 0 Å². The van der Waals surface area contributed by atoms with Crippen molar-refractivity contribution in [3.8, 4) is 0 Å². The Bertz CT molecular complexity index is 409. The molecule has 5 heteroatoms. The summed E-state index contributed by atoms with van der Waals surface area (Å²) in [4.78, 5) is 11.9. The number of benzene rings is 1. The molecule has 0 spiro atoms. The van der Waals surface area contributed by atoms with E-state index in [-0.39, 0.29) is 12.5 Å². The third-order valence-electron chi connectivity index (χ3n) is 2.49. The third-order valence-corrected chi connectivity index (χ3v) is 3.18. The molecule has 0 heterocycles. The number of methoxy groups -OCH3 is 1. The van der Waals surface area contributed by atoms with Crippen molar-refractivity contribution in [3.05, 3.63) is 33.8 Å². The molecule has 100 valence electrons. The smallest absolute Gasteiger partial charge is 0.252 e. The van der Waals surface area contributed by atoms with Gasteiger partial charge in [0.15, 0.2) is 0 Å². The highest BCUT2D eigenvalue weighted by Gasteiger charge is 2.10. The second-order valence-corrected chi connectivity index (χ2v) is 4.99. The predicted octanol–water partition coefficient (Wildman–Crippen LogP) is 1.88. The number of carbonyl (C=O) groups excluding carboxylic acids is 1. The van der Waals surface area contributed by atoms with Crippen molar-refractivity contribution in [1.82, 2.24) is 5.32 Å². The van der Waals surface area contributed by atoms with Gasteiger partial charge in [-0.2, -0.15) is 0 Å². The molecule has 0 aliphatic heterocycles. The lowest BCUT2D eigenvalue weighted by Gasteiger charge is -2.11. The average Bonchev–Trinajstić information content (AvgIpc) is 2.32. The molecule has 0 fully saturated rings. The zero-order chi connectivity index (χ0) is 13.5. The van der Waals surface area contributed by atoms with Crippen molar-refractivity contribution in [2.24, 2.45) is 0 Å². The van der Waals surface area contributed by atoms with Crippen molar-refractivity contribution in [2.75, 3.05) is 20.3 Å². The molecule has 18 heavy (non-hydrogen) atoms. The highest BCUT2D eigenvalue weighted by Crippen LogP contribution is 2.17. The van der Waals surface area contributed by atoms with Gasteiger partial charge in [-0.3, -0.25) is 4.79 Å². The van der Waals surface area contributed by atoms with E-state index in [4.69, 9.17) is 4.74 Å². The summed E-state index contributed by atoms with van der Waals surface area (Å²) in [6.45, 7) is 2.64. The van der Waals surface area contributed by atoms with Crippen LogP contribution in [0.3, 0.4) is 0 Å². The van der Waals surface area contributed by atoms with Crippen LogP contribution in [0.15, 0.2) is 22.7 Å². The quantitative estimate of drug-likeness (QED) is 0.842. The first kappa shape index (κ1) is 15.1. The molecule has 1 amide bonds. The van der Waals surface area contributed by atoms with Gasteiger partial charge in [0, 0.05) is 18.1 Å². The summed E-state index contributed by atoms with van der Waals surface area (Å²) in [5.41, 5.74) is 1.64. The summed E-state index contributed by atoms with van der Waals surface area (Å²) in [5.74, 6) is -0.143. The zero-order valence-electron chi connectivity index (χ0n) is 10.6. The summed E-state index contributed by atoms with van der Waals surface area (Å²) >= 11 is 3.35. The van der Waals surface area contributed by atoms with E-state index in [1.165, 1.54) is 7.11 Å². The lowest BCUT2D eigenvalue weighted by atomic mass is 10.1. The lowest BCUT2D eigenvalue weighted by molar-refractivity contribution is 0.0587. The van der Waals surface area contributed by atoms with E-state index in [2.05, 4.69) is 21.2 Å². The number of carbonyl (C=O) groups is 1. The number of rotatable bonds is 6. The minimum Gasteiger partial charge on any atom is -0.391 e. The number of amides is 1. The van der Waals surface area contributed by atoms with Crippen molar-refractivity contribution in [2.45, 2.75) is 19.4 Å². The van der Waals surface area contributed by atoms with Gasteiger partial charge in [-0.25, -0.2) is 0 Å². The normalized spacial score (nSPS) is 12.2. The lowest BCUT2D eigenvalue weighted by Crippen LogP contribution is -2.28. The highest BCUT2D eigenvalue weighted by atomic mass is 79.9. The second-order valence-electron chi connectivity index (χ2n) is 4.14. The van der Waals surface area contributed by atoms with E-state index in [0.29, 0.717) is 18.5 Å². The molecule has 1 atom stereocenters. The number of aliphatic hydroxyl groups is 1. The summed E-state index contributed by atoms with van der Waals surface area (Å²) in [7, 11) is 1.53. The molecule has 0 bridgehead atoms. The van der Waals surface area contributed by atoms with Crippen LogP contribution in [-0.2, 0) is 4.74 Å². The Kier molecular flexibility index (Phi) is 6.32. The number of hydrogen-bond acceptors (Lipinski definition) is 3. The maximum atomic E-state index is 11.9. The van der Waals surface area contributed by atoms with Crippen molar-refractivity contribution in [1.29, 1.82) is 0 Å². The van der Waals surface area contributed by atoms with Crippen LogP contribution in [0.4, 0.5) is 0 Å². The molecule has 0 saturated carbocycles. The molecular weight excluding hydrogens is 298 g/mol. The predicted molar refractivity (Wildman–Crippen MR) is 73.7 cm³/mol. The topological polar surface area (TPSA) is 58.6 Å². The molecule has 2 N–H and O–H groups in total. The van der Waals surface area contributed by atoms with Crippen LogP contribution in [0, 0.1) is 6.92 Å². The van der Waals surface area contributed by atoms with E-state index < -0.39 is 6.10 Å². The van der Waals surface area contributed by atoms with Crippen molar-refractivity contribution >= 4 is 21.8 Å². The highest BCUT2D eigenvalue weighted by molar-refractivity contribution is 9.10. The van der Waals surface area contributed by atoms with Crippen LogP contribution in [-0.4, -0.2) is 37.4 Å². The van der Waals surface area contributed by atoms with Gasteiger partial charge in [-0.15, -0.1) is 0 Å². The molecule has 4 nitrogen and oxygen atoms in total. The molecular formula is C13H18BrNO3. The van der Waals surface area contributed by atoms with Gasteiger partial charge in [-0.05, 0) is 41.4 Å². The van der Waals surface area contributed by atoms with Gasteiger partial charge in [0.25, 0.3) is 5.91 Å². The monoisotopic (exact) mass is 315 g/mol. The Morgan fingerprint density at radius 2 is 2.28 bits per heavy atom. The fraction of sp³-hybridized carbons (Fsp3) is 0.462. The Morgan fingerprint density at radius 3 is 2.94 bits per heavy atom. The SMILES string of the molecule is COCC(O)CCNC(=O)c1cc(C)ccc1Br. The number of hydrogen-bond donors (Lipinski definition) is 2. The van der Waals surface area contributed by atoms with E-state index in [1.807, 2.05) is 25.1 Å². The van der Waals surface area contributed by atoms with Crippen LogP contribution >= 0.6 is 15.9 Å². The maximum absolute atomic E-state index is 11.9. The van der Waals surface area contributed by atoms with Gasteiger partial charge < -0.3 is 15.2 Å². The second kappa shape index (κ2) is 7.51. The standard InChI is InChI=1S/C13H18BrNO3/c1-9-3-4-12(14)11(7-9)13(17)15-6-5-10(16)8-18-2/h3-4,7,10,16H,5-6,8H2,1-2H3,(H,15,17). The first-order valence-electron chi connectivity index (χ1n) is 5.76. The van der Waals surface area contributed by atoms with Crippen LogP contribution in [0.1, 0.15) is 22.3 Å². The minimum atomic E-state index is -0.545. The Labute approximate surface area is 115 Å². The van der Waals surface area contributed by atoms with Gasteiger partial charge in [-0.1, -0.05) is 11.6 Å². The molecule has 0 aromatic heterocycles. The van der Waals surface area contributed by atoms with Crippen LogP contribution in [0.5, 0.6) is 0 Å². The maximum Gasteiger partial charge on any atom is 0.252 e. The molecule has 0 radical (unpaired) electrons. The van der Waals surface area contributed by atoms with Gasteiger partial charge in [0.2, 0.25) is 0 Å². The Hall–Kier alpha value is -0.910. The fourth-order valence-electron chi connectivity index (χ4n) is 1.54. The largest absolute Gasteiger partial charge is 0.391 e. The van der Waals surface area contributed by atoms with E-state index in [0.717, 1.165) is 10.0 Å². The third kappa shape index (κ3) is 4.76. The molecule has 0 aliphatic rings. The summed E-state index contributed by atoms with van der Waals surface area (Å²) in [6.07, 6.45) is -0.0699. The van der Waals surface area contributed by atoms with E-state index >= 15 is 0 Å². The number of halogens is 1. The Balaban J connectivity index is 2.48. The van der Waals surface area contributed by atoms with Gasteiger partial charge in [0.1, 0.15) is 0 Å².